The summed E-state index contributed by atoms with van der Waals surface area (Å²) in [6.45, 7) is 0. The van der Waals surface area contributed by atoms with Crippen LogP contribution in [0.2, 0.25) is 0 Å². The van der Waals surface area contributed by atoms with Crippen molar-refractivity contribution in [3.8, 4) is 0 Å². The summed E-state index contributed by atoms with van der Waals surface area (Å²) in [4.78, 5) is 0. The Morgan fingerprint density at radius 2 is 1.50 bits per heavy atom. The predicted molar refractivity (Wildman–Crippen MR) is 16.1 cm³/mol. The van der Waals surface area contributed by atoms with Crippen LogP contribution in [0.3, 0.4) is 0 Å². The van der Waals surface area contributed by atoms with Crippen LogP contribution in [-0.2, 0) is 11.6 Å². The van der Waals surface area contributed by atoms with Crippen LogP contribution in [0.15, 0.2) is 0 Å². The maximum atomic E-state index is 10.6. The van der Waals surface area contributed by atoms with Crippen LogP contribution in [0.25, 0.3) is 0 Å². The molecule has 0 atom stereocenters. The number of halogens is 3. The second kappa shape index (κ2) is 1.51. The first-order chi connectivity index (χ1) is 2.56. The van der Waals surface area contributed by atoms with E-state index in [1.54, 1.807) is 0 Å². The molecular formula is CHF3NS+. The zero-order chi connectivity index (χ0) is 5.21. The summed E-state index contributed by atoms with van der Waals surface area (Å²) in [6, 6.07) is 0. The standard InChI is InChI=1S/CHF3NS/c2-1(3,4)6-5/h5H/q+1. The van der Waals surface area contributed by atoms with Crippen molar-refractivity contribution < 1.29 is 13.2 Å². The maximum Gasteiger partial charge on any atom is 0.673 e. The molecule has 0 bridgehead atoms. The van der Waals surface area contributed by atoms with E-state index in [9.17, 15) is 13.2 Å². The smallest absolute Gasteiger partial charge is 0.112 e. The molecule has 1 N–H and O–H groups in total. The van der Waals surface area contributed by atoms with Gasteiger partial charge in [-0.15, -0.1) is 13.2 Å². The fraction of sp³-hybridized carbons (Fsp3) is 1.00. The Labute approximate surface area is 36.1 Å². The van der Waals surface area contributed by atoms with Gasteiger partial charge in [0.25, 0.3) is 0 Å². The lowest BCUT2D eigenvalue weighted by molar-refractivity contribution is -0.0332. The molecule has 0 spiro atoms. The molecular weight excluding hydrogens is 115 g/mol. The first kappa shape index (κ1) is 5.81. The lowest BCUT2D eigenvalue weighted by atomic mass is 11.6. The minimum atomic E-state index is -4.38. The average molecular weight is 116 g/mol. The largest absolute Gasteiger partial charge is 0.673 e. The van der Waals surface area contributed by atoms with Gasteiger partial charge in [0.2, 0.25) is 0 Å². The molecule has 0 radical (unpaired) electrons. The van der Waals surface area contributed by atoms with Gasteiger partial charge in [-0.3, -0.25) is 0 Å². The predicted octanol–water partition coefficient (Wildman–Crippen LogP) is 1.35. The highest BCUT2D eigenvalue weighted by atomic mass is 32.1. The number of nitrogens with one attached hydrogen (secondary N) is 1. The molecule has 0 aromatic heterocycles. The zero-order valence-electron chi connectivity index (χ0n) is 2.54. The molecule has 0 aromatic carbocycles. The van der Waals surface area contributed by atoms with Crippen molar-refractivity contribution in [2.45, 2.75) is 5.51 Å². The van der Waals surface area contributed by atoms with Crippen molar-refractivity contribution in [3.05, 3.63) is 0 Å². The molecule has 0 fully saturated rings. The third-order valence-corrected chi connectivity index (χ3v) is 0.347. The minimum Gasteiger partial charge on any atom is -0.112 e. The second-order valence-corrected chi connectivity index (χ2v) is 1.21. The Bertz CT molecular complexity index is 56.3. The monoisotopic (exact) mass is 116 g/mol. The molecule has 0 aliphatic heterocycles. The van der Waals surface area contributed by atoms with E-state index in [2.05, 4.69) is 0 Å². The Balaban J connectivity index is 3.45. The lowest BCUT2D eigenvalue weighted by Gasteiger charge is -1.72. The van der Waals surface area contributed by atoms with Crippen LogP contribution in [-0.4, -0.2) is 5.51 Å². The molecule has 0 aliphatic carbocycles. The van der Waals surface area contributed by atoms with Crippen molar-refractivity contribution in [2.75, 3.05) is 0 Å². The number of hydrogen-bond donors (Lipinski definition) is 1. The Kier molecular flexibility index (Phi) is 1.46. The van der Waals surface area contributed by atoms with Crippen LogP contribution in [0.1, 0.15) is 0 Å². The molecule has 0 amide bonds. The third kappa shape index (κ3) is 3.81. The van der Waals surface area contributed by atoms with E-state index in [1.807, 2.05) is 0 Å². The number of rotatable bonds is 0. The summed E-state index contributed by atoms with van der Waals surface area (Å²) in [7, 11) is 0. The van der Waals surface area contributed by atoms with Crippen molar-refractivity contribution in [2.24, 2.45) is 0 Å². The molecule has 5 heteroatoms. The summed E-state index contributed by atoms with van der Waals surface area (Å²) in [5.41, 5.74) is -4.38. The summed E-state index contributed by atoms with van der Waals surface area (Å²) in [6.07, 6.45) is 0. The fourth-order valence-corrected chi connectivity index (χ4v) is 0. The number of hydrogen-bond acceptors (Lipinski definition) is 1. The van der Waals surface area contributed by atoms with E-state index in [1.165, 1.54) is 0 Å². The van der Waals surface area contributed by atoms with Gasteiger partial charge in [-0.2, -0.15) is 0 Å². The van der Waals surface area contributed by atoms with Crippen LogP contribution < -0.4 is 0 Å². The van der Waals surface area contributed by atoms with Gasteiger partial charge in [0.05, 0.1) is 0 Å². The molecule has 0 saturated carbocycles. The van der Waals surface area contributed by atoms with Crippen molar-refractivity contribution in [1.82, 2.24) is 0 Å². The fourth-order valence-electron chi connectivity index (χ4n) is 0. The van der Waals surface area contributed by atoms with E-state index in [4.69, 9.17) is 4.78 Å². The first-order valence-electron chi connectivity index (χ1n) is 0.975. The van der Waals surface area contributed by atoms with Gasteiger partial charge in [0.15, 0.2) is 0 Å². The number of alkyl halides is 3. The van der Waals surface area contributed by atoms with Gasteiger partial charge in [0.1, 0.15) is 0 Å². The van der Waals surface area contributed by atoms with Crippen molar-refractivity contribution in [3.63, 3.8) is 0 Å². The molecule has 1 nitrogen and oxygen atoms in total. The summed E-state index contributed by atoms with van der Waals surface area (Å²) < 4.78 is 37.3. The van der Waals surface area contributed by atoms with E-state index in [0.29, 0.717) is 0 Å². The topological polar surface area (TPSA) is 23.9 Å². The Hall–Kier alpha value is -0.190. The third-order valence-electron chi connectivity index (χ3n) is 0.116. The zero-order valence-corrected chi connectivity index (χ0v) is 3.36. The van der Waals surface area contributed by atoms with Crippen LogP contribution in [0.4, 0.5) is 13.2 Å². The average Bonchev–Trinajstić information content (AvgIpc) is 1.35. The second-order valence-electron chi connectivity index (χ2n) is 0.548. The van der Waals surface area contributed by atoms with Gasteiger partial charge >= 0.3 is 17.1 Å². The molecule has 0 aromatic rings. The van der Waals surface area contributed by atoms with Gasteiger partial charge in [-0.25, -0.2) is 0 Å². The van der Waals surface area contributed by atoms with Crippen LogP contribution >= 0.6 is 0 Å². The van der Waals surface area contributed by atoms with Gasteiger partial charge < -0.3 is 0 Å². The SMILES string of the molecule is N=[S+]C(F)(F)F. The van der Waals surface area contributed by atoms with Crippen LogP contribution in [0.5, 0.6) is 0 Å². The lowest BCUT2D eigenvalue weighted by Crippen LogP contribution is -2.01. The Morgan fingerprint density at radius 3 is 1.50 bits per heavy atom. The molecule has 36 valence electrons. The van der Waals surface area contributed by atoms with E-state index >= 15 is 0 Å². The highest BCUT2D eigenvalue weighted by Crippen LogP contribution is 2.11. The quantitative estimate of drug-likeness (QED) is 0.462. The Morgan fingerprint density at radius 1 is 1.33 bits per heavy atom. The molecule has 6 heavy (non-hydrogen) atoms. The van der Waals surface area contributed by atoms with Gasteiger partial charge in [0, 0.05) is 0 Å². The molecule has 0 unspecified atom stereocenters. The van der Waals surface area contributed by atoms with Gasteiger partial charge in [-0.1, -0.05) is 0 Å². The van der Waals surface area contributed by atoms with Crippen molar-refractivity contribution >= 4 is 11.6 Å². The summed E-state index contributed by atoms with van der Waals surface area (Å²) >= 11 is -0.868. The molecule has 0 rings (SSSR count). The van der Waals surface area contributed by atoms with Crippen molar-refractivity contribution in [1.29, 1.82) is 4.78 Å². The normalized spacial score (nSPS) is 11.2. The van der Waals surface area contributed by atoms with Crippen LogP contribution in [0, 0.1) is 4.78 Å². The highest BCUT2D eigenvalue weighted by Gasteiger charge is 2.42. The summed E-state index contributed by atoms with van der Waals surface area (Å²) in [5.74, 6) is 0. The maximum absolute atomic E-state index is 10.6. The minimum absolute atomic E-state index is 0.868. The molecule has 0 aliphatic rings. The van der Waals surface area contributed by atoms with Gasteiger partial charge in [-0.05, 0) is 4.78 Å². The molecule has 0 saturated heterocycles. The van der Waals surface area contributed by atoms with E-state index in [0.717, 1.165) is 0 Å². The molecule has 0 heterocycles. The highest BCUT2D eigenvalue weighted by molar-refractivity contribution is 7.67. The first-order valence-corrected chi connectivity index (χ1v) is 1.79. The summed E-state index contributed by atoms with van der Waals surface area (Å²) in [5, 5.41) is 0. The van der Waals surface area contributed by atoms with E-state index < -0.39 is 17.1 Å². The van der Waals surface area contributed by atoms with E-state index in [-0.39, 0.29) is 0 Å².